The first-order valence-corrected chi connectivity index (χ1v) is 6.37. The molecular weight excluding hydrogens is 302 g/mol. The lowest BCUT2D eigenvalue weighted by Crippen LogP contribution is -2.41. The minimum absolute atomic E-state index is 0.0582. The maximum absolute atomic E-state index is 11.6. The second-order valence-electron chi connectivity index (χ2n) is 4.15. The number of urea groups is 1. The van der Waals surface area contributed by atoms with Crippen LogP contribution in [0.3, 0.4) is 0 Å². The van der Waals surface area contributed by atoms with Crippen molar-refractivity contribution in [2.24, 2.45) is 0 Å². The molecule has 1 aromatic carbocycles. The van der Waals surface area contributed by atoms with Crippen molar-refractivity contribution >= 4 is 33.3 Å². The predicted octanol–water partition coefficient (Wildman–Crippen LogP) is 3.03. The highest BCUT2D eigenvalue weighted by Gasteiger charge is 2.20. The zero-order chi connectivity index (χ0) is 13.1. The van der Waals surface area contributed by atoms with Crippen molar-refractivity contribution < 1.29 is 9.72 Å². The van der Waals surface area contributed by atoms with Gasteiger partial charge in [-0.25, -0.2) is 4.79 Å². The summed E-state index contributed by atoms with van der Waals surface area (Å²) >= 11 is 3.24. The molecule has 18 heavy (non-hydrogen) atoms. The van der Waals surface area contributed by atoms with E-state index in [1.54, 1.807) is 0 Å². The molecule has 0 bridgehead atoms. The van der Waals surface area contributed by atoms with Crippen LogP contribution in [0.5, 0.6) is 0 Å². The summed E-state index contributed by atoms with van der Waals surface area (Å²) in [6.45, 7) is 0. The summed E-state index contributed by atoms with van der Waals surface area (Å²) in [5, 5.41) is 16.0. The van der Waals surface area contributed by atoms with E-state index < -0.39 is 4.92 Å². The summed E-state index contributed by atoms with van der Waals surface area (Å²) in [7, 11) is 0. The third kappa shape index (κ3) is 2.98. The van der Waals surface area contributed by atoms with Gasteiger partial charge in [0, 0.05) is 22.6 Å². The van der Waals surface area contributed by atoms with Gasteiger partial charge in [-0.1, -0.05) is 0 Å². The van der Waals surface area contributed by atoms with Crippen LogP contribution in [0.25, 0.3) is 0 Å². The fourth-order valence-electron chi connectivity index (χ4n) is 1.62. The van der Waals surface area contributed by atoms with Gasteiger partial charge in [0.2, 0.25) is 0 Å². The number of hydrogen-bond acceptors (Lipinski definition) is 3. The first kappa shape index (κ1) is 12.8. The van der Waals surface area contributed by atoms with Crippen LogP contribution < -0.4 is 10.6 Å². The number of carbonyl (C=O) groups is 1. The summed E-state index contributed by atoms with van der Waals surface area (Å²) < 4.78 is 0.608. The summed E-state index contributed by atoms with van der Waals surface area (Å²) in [6, 6.07) is 4.13. The highest BCUT2D eigenvalue weighted by atomic mass is 79.9. The Balaban J connectivity index is 2.04. The first-order valence-electron chi connectivity index (χ1n) is 5.58. The van der Waals surface area contributed by atoms with E-state index in [9.17, 15) is 14.9 Å². The third-order valence-corrected chi connectivity index (χ3v) is 3.54. The molecule has 0 radical (unpaired) electrons. The quantitative estimate of drug-likeness (QED) is 0.664. The van der Waals surface area contributed by atoms with Crippen LogP contribution in [0.2, 0.25) is 0 Å². The van der Waals surface area contributed by atoms with Gasteiger partial charge >= 0.3 is 6.03 Å². The highest BCUT2D eigenvalue weighted by molar-refractivity contribution is 9.10. The van der Waals surface area contributed by atoms with Gasteiger partial charge in [-0.15, -0.1) is 0 Å². The van der Waals surface area contributed by atoms with Crippen molar-refractivity contribution in [1.82, 2.24) is 5.32 Å². The van der Waals surface area contributed by atoms with E-state index in [1.165, 1.54) is 18.2 Å². The fraction of sp³-hybridized carbons (Fsp3) is 0.364. The van der Waals surface area contributed by atoms with E-state index in [4.69, 9.17) is 0 Å². The van der Waals surface area contributed by atoms with Gasteiger partial charge in [-0.3, -0.25) is 10.1 Å². The van der Waals surface area contributed by atoms with Crippen molar-refractivity contribution in [2.75, 3.05) is 5.32 Å². The topological polar surface area (TPSA) is 84.3 Å². The van der Waals surface area contributed by atoms with Gasteiger partial charge in [-0.2, -0.15) is 0 Å². The summed E-state index contributed by atoms with van der Waals surface area (Å²) in [4.78, 5) is 21.8. The molecule has 0 atom stereocenters. The molecule has 6 nitrogen and oxygen atoms in total. The second kappa shape index (κ2) is 5.34. The molecule has 0 aliphatic heterocycles. The van der Waals surface area contributed by atoms with Crippen LogP contribution in [0, 0.1) is 10.1 Å². The Hall–Kier alpha value is -1.63. The highest BCUT2D eigenvalue weighted by Crippen LogP contribution is 2.27. The Kier molecular flexibility index (Phi) is 3.81. The van der Waals surface area contributed by atoms with Crippen molar-refractivity contribution in [3.8, 4) is 0 Å². The fourth-order valence-corrected chi connectivity index (χ4v) is 1.96. The molecule has 0 aromatic heterocycles. The zero-order valence-electron chi connectivity index (χ0n) is 9.48. The van der Waals surface area contributed by atoms with E-state index in [1.807, 2.05) is 0 Å². The lowest BCUT2D eigenvalue weighted by molar-refractivity contribution is -0.384. The predicted molar refractivity (Wildman–Crippen MR) is 70.6 cm³/mol. The summed E-state index contributed by atoms with van der Waals surface area (Å²) in [5.41, 5.74) is 0.332. The molecule has 0 heterocycles. The average molecular weight is 314 g/mol. The van der Waals surface area contributed by atoms with Crippen molar-refractivity contribution in [2.45, 2.75) is 25.3 Å². The molecule has 0 saturated heterocycles. The molecule has 1 aliphatic carbocycles. The molecule has 96 valence electrons. The van der Waals surface area contributed by atoms with Crippen LogP contribution in [0.1, 0.15) is 19.3 Å². The number of rotatable bonds is 3. The second-order valence-corrected chi connectivity index (χ2v) is 5.00. The minimum atomic E-state index is -0.499. The van der Waals surface area contributed by atoms with Crippen molar-refractivity contribution in [1.29, 1.82) is 0 Å². The number of anilines is 1. The maximum atomic E-state index is 11.6. The molecule has 1 fully saturated rings. The lowest BCUT2D eigenvalue weighted by Gasteiger charge is -2.26. The largest absolute Gasteiger partial charge is 0.335 e. The average Bonchev–Trinajstić information content (AvgIpc) is 2.26. The van der Waals surface area contributed by atoms with E-state index >= 15 is 0 Å². The number of hydrogen-bond donors (Lipinski definition) is 2. The van der Waals surface area contributed by atoms with E-state index in [2.05, 4.69) is 26.6 Å². The van der Waals surface area contributed by atoms with E-state index in [0.29, 0.717) is 10.2 Å². The molecule has 2 rings (SSSR count). The van der Waals surface area contributed by atoms with E-state index in [-0.39, 0.29) is 17.8 Å². The molecule has 2 amide bonds. The number of nitrogens with one attached hydrogen (secondary N) is 2. The Morgan fingerprint density at radius 1 is 1.44 bits per heavy atom. The minimum Gasteiger partial charge on any atom is -0.335 e. The lowest BCUT2D eigenvalue weighted by atomic mass is 9.93. The zero-order valence-corrected chi connectivity index (χ0v) is 11.1. The van der Waals surface area contributed by atoms with Crippen LogP contribution in [0.4, 0.5) is 16.2 Å². The molecule has 1 aliphatic rings. The third-order valence-electron chi connectivity index (χ3n) is 2.85. The van der Waals surface area contributed by atoms with Crippen LogP contribution in [-0.4, -0.2) is 17.0 Å². The van der Waals surface area contributed by atoms with Gasteiger partial charge in [0.1, 0.15) is 0 Å². The van der Waals surface area contributed by atoms with Crippen LogP contribution in [-0.2, 0) is 0 Å². The standard InChI is InChI=1S/C11H12BrN3O3/c12-9-5-4-8(15(17)18)6-10(9)14-11(16)13-7-2-1-3-7/h4-7H,1-3H2,(H2,13,14,16). The molecular formula is C11H12BrN3O3. The van der Waals surface area contributed by atoms with Crippen LogP contribution >= 0.6 is 15.9 Å². The molecule has 2 N–H and O–H groups in total. The van der Waals surface area contributed by atoms with Gasteiger partial charge in [0.15, 0.2) is 0 Å². The Bertz CT molecular complexity index is 488. The van der Waals surface area contributed by atoms with Crippen LogP contribution in [0.15, 0.2) is 22.7 Å². The smallest absolute Gasteiger partial charge is 0.319 e. The monoisotopic (exact) mass is 313 g/mol. The van der Waals surface area contributed by atoms with Gasteiger partial charge in [-0.05, 0) is 41.3 Å². The molecule has 1 saturated carbocycles. The molecule has 7 heteroatoms. The SMILES string of the molecule is O=C(Nc1cc([N+](=O)[O-])ccc1Br)NC1CCC1. The van der Waals surface area contributed by atoms with Crippen molar-refractivity contribution in [3.05, 3.63) is 32.8 Å². The number of non-ortho nitro benzene ring substituents is 1. The molecule has 0 unspecified atom stereocenters. The number of amides is 2. The Labute approximate surface area is 112 Å². The Morgan fingerprint density at radius 3 is 2.72 bits per heavy atom. The maximum Gasteiger partial charge on any atom is 0.319 e. The molecule has 0 spiro atoms. The van der Waals surface area contributed by atoms with Crippen molar-refractivity contribution in [3.63, 3.8) is 0 Å². The van der Waals surface area contributed by atoms with Gasteiger partial charge in [0.05, 0.1) is 10.6 Å². The normalized spacial score (nSPS) is 14.7. The summed E-state index contributed by atoms with van der Waals surface area (Å²) in [5.74, 6) is 0. The number of nitro benzene ring substituents is 1. The number of halogens is 1. The number of nitrogens with zero attached hydrogens (tertiary/aromatic N) is 1. The Morgan fingerprint density at radius 2 is 2.17 bits per heavy atom. The summed E-state index contributed by atoms with van der Waals surface area (Å²) in [6.07, 6.45) is 3.11. The van der Waals surface area contributed by atoms with Gasteiger partial charge in [0.25, 0.3) is 5.69 Å². The number of benzene rings is 1. The number of carbonyl (C=O) groups excluding carboxylic acids is 1. The number of nitro groups is 1. The molecule has 1 aromatic rings. The van der Waals surface area contributed by atoms with E-state index in [0.717, 1.165) is 19.3 Å². The van der Waals surface area contributed by atoms with Gasteiger partial charge < -0.3 is 10.6 Å². The first-order chi connectivity index (χ1) is 8.56.